The van der Waals surface area contributed by atoms with Crippen LogP contribution in [0.4, 0.5) is 13.2 Å². The average molecular weight is 259 g/mol. The van der Waals surface area contributed by atoms with E-state index in [-0.39, 0.29) is 12.5 Å². The molecule has 100 valence electrons. The molecule has 0 aromatic heterocycles. The summed E-state index contributed by atoms with van der Waals surface area (Å²) in [6.45, 7) is 1.17. The highest BCUT2D eigenvalue weighted by atomic mass is 19.4. The second kappa shape index (κ2) is 5.61. The van der Waals surface area contributed by atoms with Crippen LogP contribution in [0.2, 0.25) is 0 Å². The molecular formula is C13H16F3NO. The van der Waals surface area contributed by atoms with E-state index in [1.165, 1.54) is 0 Å². The third kappa shape index (κ3) is 3.63. The number of halogens is 3. The maximum absolute atomic E-state index is 12.0. The van der Waals surface area contributed by atoms with Crippen LogP contribution in [0.5, 0.6) is 5.75 Å². The van der Waals surface area contributed by atoms with Gasteiger partial charge in [0.2, 0.25) is 0 Å². The van der Waals surface area contributed by atoms with Gasteiger partial charge in [-0.1, -0.05) is 18.2 Å². The van der Waals surface area contributed by atoms with Gasteiger partial charge < -0.3 is 10.1 Å². The average Bonchev–Trinajstić information content (AvgIpc) is 2.33. The van der Waals surface area contributed by atoms with Crippen molar-refractivity contribution in [3.8, 4) is 5.75 Å². The van der Waals surface area contributed by atoms with Crippen LogP contribution in [0, 0.1) is 0 Å². The Bertz CT molecular complexity index is 392. The summed E-state index contributed by atoms with van der Waals surface area (Å²) in [7, 11) is 0. The lowest BCUT2D eigenvalue weighted by molar-refractivity contribution is -0.133. The fraction of sp³-hybridized carbons (Fsp3) is 0.538. The first-order valence-corrected chi connectivity index (χ1v) is 6.05. The van der Waals surface area contributed by atoms with Gasteiger partial charge in [0.15, 0.2) is 0 Å². The molecule has 0 saturated carbocycles. The Kier molecular flexibility index (Phi) is 4.11. The van der Waals surface area contributed by atoms with E-state index in [1.54, 1.807) is 0 Å². The Balaban J connectivity index is 1.84. The predicted octanol–water partition coefficient (Wildman–Crippen LogP) is 3.09. The number of alkyl halides is 3. The highest BCUT2D eigenvalue weighted by molar-refractivity contribution is 5.37. The fourth-order valence-corrected chi connectivity index (χ4v) is 2.13. The number of rotatable bonds is 4. The molecule has 0 spiro atoms. The second-order valence-electron chi connectivity index (χ2n) is 4.44. The van der Waals surface area contributed by atoms with Gasteiger partial charge in [0.05, 0.1) is 13.0 Å². The molecule has 18 heavy (non-hydrogen) atoms. The summed E-state index contributed by atoms with van der Waals surface area (Å²) in [5.74, 6) is 1.09. The molecule has 1 unspecified atom stereocenters. The molecule has 1 heterocycles. The minimum absolute atomic E-state index is 0.0248. The molecule has 0 radical (unpaired) electrons. The lowest BCUT2D eigenvalue weighted by Gasteiger charge is -2.26. The van der Waals surface area contributed by atoms with Gasteiger partial charge in [-0.05, 0) is 18.1 Å². The maximum atomic E-state index is 12.0. The molecule has 1 aromatic carbocycles. The van der Waals surface area contributed by atoms with Crippen LogP contribution < -0.4 is 10.1 Å². The number of fused-ring (bicyclic) bond motifs is 1. The zero-order valence-electron chi connectivity index (χ0n) is 9.96. The molecule has 0 bridgehead atoms. The topological polar surface area (TPSA) is 21.3 Å². The minimum Gasteiger partial charge on any atom is -0.493 e. The molecule has 5 heteroatoms. The van der Waals surface area contributed by atoms with Crippen LogP contribution >= 0.6 is 0 Å². The van der Waals surface area contributed by atoms with Crippen LogP contribution in [-0.2, 0) is 0 Å². The van der Waals surface area contributed by atoms with Crippen molar-refractivity contribution in [1.82, 2.24) is 5.32 Å². The van der Waals surface area contributed by atoms with E-state index >= 15 is 0 Å². The Morgan fingerprint density at radius 3 is 2.83 bits per heavy atom. The van der Waals surface area contributed by atoms with Gasteiger partial charge in [-0.15, -0.1) is 0 Å². The normalized spacial score (nSPS) is 19.2. The first-order valence-electron chi connectivity index (χ1n) is 6.05. The van der Waals surface area contributed by atoms with Crippen molar-refractivity contribution in [1.29, 1.82) is 0 Å². The van der Waals surface area contributed by atoms with Gasteiger partial charge in [0.25, 0.3) is 0 Å². The Morgan fingerprint density at radius 1 is 1.28 bits per heavy atom. The van der Waals surface area contributed by atoms with Crippen LogP contribution in [0.15, 0.2) is 24.3 Å². The van der Waals surface area contributed by atoms with E-state index in [0.29, 0.717) is 13.2 Å². The number of benzene rings is 1. The van der Waals surface area contributed by atoms with Crippen molar-refractivity contribution in [2.75, 3.05) is 19.7 Å². The zero-order chi connectivity index (χ0) is 13.0. The zero-order valence-corrected chi connectivity index (χ0v) is 9.96. The summed E-state index contributed by atoms with van der Waals surface area (Å²) >= 11 is 0. The van der Waals surface area contributed by atoms with E-state index in [9.17, 15) is 13.2 Å². The molecule has 1 aromatic rings. The molecule has 1 atom stereocenters. The van der Waals surface area contributed by atoms with Crippen molar-refractivity contribution >= 4 is 0 Å². The molecule has 2 nitrogen and oxygen atoms in total. The summed E-state index contributed by atoms with van der Waals surface area (Å²) in [4.78, 5) is 0. The molecule has 1 N–H and O–H groups in total. The van der Waals surface area contributed by atoms with Gasteiger partial charge >= 0.3 is 6.18 Å². The van der Waals surface area contributed by atoms with E-state index in [1.807, 2.05) is 24.3 Å². The van der Waals surface area contributed by atoms with Gasteiger partial charge in [0, 0.05) is 19.0 Å². The SMILES string of the molecule is FC(F)(F)CCNCC1CCOc2ccccc21. The van der Waals surface area contributed by atoms with Crippen LogP contribution in [0.25, 0.3) is 0 Å². The largest absolute Gasteiger partial charge is 0.493 e. The first kappa shape index (κ1) is 13.2. The molecule has 1 aliphatic rings. The first-order chi connectivity index (χ1) is 8.56. The number of nitrogens with one attached hydrogen (secondary N) is 1. The molecule has 0 fully saturated rings. The van der Waals surface area contributed by atoms with Crippen molar-refractivity contribution in [2.45, 2.75) is 24.9 Å². The predicted molar refractivity (Wildman–Crippen MR) is 62.8 cm³/mol. The second-order valence-corrected chi connectivity index (χ2v) is 4.44. The van der Waals surface area contributed by atoms with Crippen molar-refractivity contribution in [3.05, 3.63) is 29.8 Å². The monoisotopic (exact) mass is 259 g/mol. The molecule has 0 amide bonds. The Labute approximate surface area is 104 Å². The van der Waals surface area contributed by atoms with Crippen LogP contribution in [-0.4, -0.2) is 25.9 Å². The summed E-state index contributed by atoms with van der Waals surface area (Å²) in [6.07, 6.45) is -4.02. The molecular weight excluding hydrogens is 243 g/mol. The van der Waals surface area contributed by atoms with E-state index in [2.05, 4.69) is 5.32 Å². The van der Waals surface area contributed by atoms with E-state index < -0.39 is 12.6 Å². The highest BCUT2D eigenvalue weighted by Crippen LogP contribution is 2.32. The number of hydrogen-bond donors (Lipinski definition) is 1. The standard InChI is InChI=1S/C13H16F3NO/c14-13(15,16)6-7-17-9-10-5-8-18-12-4-2-1-3-11(10)12/h1-4,10,17H,5-9H2. The third-order valence-electron chi connectivity index (χ3n) is 3.06. The van der Waals surface area contributed by atoms with E-state index in [0.717, 1.165) is 17.7 Å². The van der Waals surface area contributed by atoms with Gasteiger partial charge in [-0.25, -0.2) is 0 Å². The Hall–Kier alpha value is -1.23. The summed E-state index contributed by atoms with van der Waals surface area (Å²) in [6, 6.07) is 7.70. The Morgan fingerprint density at radius 2 is 2.06 bits per heavy atom. The summed E-state index contributed by atoms with van der Waals surface area (Å²) < 4.78 is 41.5. The summed E-state index contributed by atoms with van der Waals surface area (Å²) in [5.41, 5.74) is 1.09. The number of para-hydroxylation sites is 1. The van der Waals surface area contributed by atoms with Gasteiger partial charge in [-0.3, -0.25) is 0 Å². The van der Waals surface area contributed by atoms with Gasteiger partial charge in [0.1, 0.15) is 5.75 Å². The quantitative estimate of drug-likeness (QED) is 0.839. The minimum atomic E-state index is -4.08. The van der Waals surface area contributed by atoms with Crippen LogP contribution in [0.3, 0.4) is 0 Å². The molecule has 0 aliphatic carbocycles. The molecule has 2 rings (SSSR count). The third-order valence-corrected chi connectivity index (χ3v) is 3.06. The highest BCUT2D eigenvalue weighted by Gasteiger charge is 2.26. The van der Waals surface area contributed by atoms with Crippen LogP contribution in [0.1, 0.15) is 24.3 Å². The van der Waals surface area contributed by atoms with Crippen molar-refractivity contribution < 1.29 is 17.9 Å². The van der Waals surface area contributed by atoms with Gasteiger partial charge in [-0.2, -0.15) is 13.2 Å². The number of hydrogen-bond acceptors (Lipinski definition) is 2. The summed E-state index contributed by atoms with van der Waals surface area (Å²) in [5, 5.41) is 2.88. The lowest BCUT2D eigenvalue weighted by Crippen LogP contribution is -2.28. The van der Waals surface area contributed by atoms with Crippen molar-refractivity contribution in [3.63, 3.8) is 0 Å². The molecule has 0 saturated heterocycles. The molecule has 1 aliphatic heterocycles. The number of ether oxygens (including phenoxy) is 1. The van der Waals surface area contributed by atoms with E-state index in [4.69, 9.17) is 4.74 Å². The smallest absolute Gasteiger partial charge is 0.390 e. The van der Waals surface area contributed by atoms with Crippen molar-refractivity contribution in [2.24, 2.45) is 0 Å². The maximum Gasteiger partial charge on any atom is 0.390 e. The lowest BCUT2D eigenvalue weighted by atomic mass is 9.93. The fourth-order valence-electron chi connectivity index (χ4n) is 2.13.